The monoisotopic (exact) mass is 290 g/mol. The van der Waals surface area contributed by atoms with E-state index in [1.807, 2.05) is 0 Å². The first-order valence-corrected chi connectivity index (χ1v) is 7.97. The molecule has 21 heavy (non-hydrogen) atoms. The zero-order chi connectivity index (χ0) is 14.5. The summed E-state index contributed by atoms with van der Waals surface area (Å²) < 4.78 is 11.1. The van der Waals surface area contributed by atoms with E-state index in [4.69, 9.17) is 9.47 Å². The number of methoxy groups -OCH3 is 1. The van der Waals surface area contributed by atoms with Crippen molar-refractivity contribution >= 4 is 0 Å². The first kappa shape index (κ1) is 15.0. The van der Waals surface area contributed by atoms with Gasteiger partial charge in [-0.15, -0.1) is 0 Å². The second-order valence-electron chi connectivity index (χ2n) is 6.04. The highest BCUT2D eigenvalue weighted by Crippen LogP contribution is 2.24. The van der Waals surface area contributed by atoms with Crippen LogP contribution in [0, 0.1) is 0 Å². The maximum Gasteiger partial charge on any atom is 0.0870 e. The molecule has 0 bridgehead atoms. The fourth-order valence-corrected chi connectivity index (χ4v) is 3.46. The number of hydrogen-bond donors (Lipinski definition) is 0. The van der Waals surface area contributed by atoms with Gasteiger partial charge in [0.25, 0.3) is 0 Å². The lowest BCUT2D eigenvalue weighted by Crippen LogP contribution is -2.50. The maximum atomic E-state index is 5.99. The van der Waals surface area contributed by atoms with Gasteiger partial charge in [-0.2, -0.15) is 0 Å². The Morgan fingerprint density at radius 2 is 2.10 bits per heavy atom. The zero-order valence-electron chi connectivity index (χ0n) is 12.9. The summed E-state index contributed by atoms with van der Waals surface area (Å²) in [7, 11) is 1.77. The van der Waals surface area contributed by atoms with E-state index >= 15 is 0 Å². The fourth-order valence-electron chi connectivity index (χ4n) is 3.46. The van der Waals surface area contributed by atoms with Gasteiger partial charge >= 0.3 is 0 Å². The highest BCUT2D eigenvalue weighted by molar-refractivity contribution is 5.15. The minimum Gasteiger partial charge on any atom is -0.385 e. The van der Waals surface area contributed by atoms with Crippen molar-refractivity contribution in [2.75, 3.05) is 46.5 Å². The van der Waals surface area contributed by atoms with E-state index in [-0.39, 0.29) is 0 Å². The van der Waals surface area contributed by atoms with Crippen LogP contribution in [0.5, 0.6) is 0 Å². The van der Waals surface area contributed by atoms with E-state index in [2.05, 4.69) is 40.1 Å². The molecule has 0 aliphatic carbocycles. The van der Waals surface area contributed by atoms with Crippen molar-refractivity contribution in [2.24, 2.45) is 0 Å². The minimum atomic E-state index is 0.380. The number of fused-ring (bicyclic) bond motifs is 1. The smallest absolute Gasteiger partial charge is 0.0870 e. The normalized spacial score (nSPS) is 26.9. The SMILES string of the molecule is COCCCN1CC2OCCN(Cc3ccccc3)C2C1. The van der Waals surface area contributed by atoms with Crippen molar-refractivity contribution in [3.8, 4) is 0 Å². The molecule has 3 rings (SSSR count). The molecule has 2 fully saturated rings. The number of rotatable bonds is 6. The van der Waals surface area contributed by atoms with Crippen molar-refractivity contribution in [3.05, 3.63) is 35.9 Å². The highest BCUT2D eigenvalue weighted by Gasteiger charge is 2.39. The maximum absolute atomic E-state index is 5.99. The van der Waals surface area contributed by atoms with Gasteiger partial charge in [0.15, 0.2) is 0 Å². The van der Waals surface area contributed by atoms with Crippen molar-refractivity contribution in [1.29, 1.82) is 0 Å². The van der Waals surface area contributed by atoms with Crippen molar-refractivity contribution in [1.82, 2.24) is 9.80 Å². The molecule has 2 atom stereocenters. The van der Waals surface area contributed by atoms with E-state index in [1.54, 1.807) is 7.11 Å². The Morgan fingerprint density at radius 3 is 2.90 bits per heavy atom. The molecule has 0 spiro atoms. The summed E-state index contributed by atoms with van der Waals surface area (Å²) in [6.07, 6.45) is 1.49. The number of ether oxygens (including phenoxy) is 2. The van der Waals surface area contributed by atoms with Crippen LogP contribution in [-0.2, 0) is 16.0 Å². The van der Waals surface area contributed by atoms with Crippen molar-refractivity contribution in [2.45, 2.75) is 25.1 Å². The summed E-state index contributed by atoms with van der Waals surface area (Å²) in [5.74, 6) is 0. The summed E-state index contributed by atoms with van der Waals surface area (Å²) in [4.78, 5) is 5.12. The van der Waals surface area contributed by atoms with Crippen LogP contribution in [-0.4, -0.2) is 68.4 Å². The molecule has 1 aromatic rings. The van der Waals surface area contributed by atoms with Gasteiger partial charge in [-0.25, -0.2) is 0 Å². The van der Waals surface area contributed by atoms with Crippen LogP contribution in [0.15, 0.2) is 30.3 Å². The molecule has 116 valence electrons. The van der Waals surface area contributed by atoms with Gasteiger partial charge in [0.1, 0.15) is 0 Å². The van der Waals surface area contributed by atoms with Crippen LogP contribution in [0.3, 0.4) is 0 Å². The van der Waals surface area contributed by atoms with E-state index in [9.17, 15) is 0 Å². The van der Waals surface area contributed by atoms with Gasteiger partial charge in [0.05, 0.1) is 18.8 Å². The summed E-state index contributed by atoms with van der Waals surface area (Å²) in [5, 5.41) is 0. The minimum absolute atomic E-state index is 0.380. The molecule has 0 amide bonds. The van der Waals surface area contributed by atoms with Gasteiger partial charge < -0.3 is 9.47 Å². The Balaban J connectivity index is 1.56. The third kappa shape index (κ3) is 3.83. The number of morpholine rings is 1. The lowest BCUT2D eigenvalue weighted by molar-refractivity contribution is -0.0504. The van der Waals surface area contributed by atoms with Crippen molar-refractivity contribution in [3.63, 3.8) is 0 Å². The molecule has 0 aromatic heterocycles. The third-order valence-corrected chi connectivity index (χ3v) is 4.54. The molecule has 2 saturated heterocycles. The average molecular weight is 290 g/mol. The Kier molecular flexibility index (Phi) is 5.25. The summed E-state index contributed by atoms with van der Waals surface area (Å²) in [6, 6.07) is 11.3. The van der Waals surface area contributed by atoms with E-state index in [0.717, 1.165) is 52.4 Å². The van der Waals surface area contributed by atoms with E-state index < -0.39 is 0 Å². The molecule has 2 aliphatic rings. The van der Waals surface area contributed by atoms with Gasteiger partial charge in [0.2, 0.25) is 0 Å². The number of nitrogens with zero attached hydrogens (tertiary/aromatic N) is 2. The Bertz CT molecular complexity index is 426. The van der Waals surface area contributed by atoms with Crippen LogP contribution >= 0.6 is 0 Å². The fraction of sp³-hybridized carbons (Fsp3) is 0.647. The predicted molar refractivity (Wildman–Crippen MR) is 83.3 cm³/mol. The first-order chi connectivity index (χ1) is 10.4. The van der Waals surface area contributed by atoms with E-state index in [1.165, 1.54) is 5.56 Å². The van der Waals surface area contributed by atoms with Crippen LogP contribution in [0.4, 0.5) is 0 Å². The quantitative estimate of drug-likeness (QED) is 0.743. The van der Waals surface area contributed by atoms with E-state index in [0.29, 0.717) is 12.1 Å². The van der Waals surface area contributed by atoms with Gasteiger partial charge in [-0.1, -0.05) is 30.3 Å². The highest BCUT2D eigenvalue weighted by atomic mass is 16.5. The molecule has 0 radical (unpaired) electrons. The molecule has 1 aromatic carbocycles. The number of benzene rings is 1. The van der Waals surface area contributed by atoms with Crippen LogP contribution < -0.4 is 0 Å². The molecular formula is C17H26N2O2. The molecule has 4 nitrogen and oxygen atoms in total. The second-order valence-corrected chi connectivity index (χ2v) is 6.04. The summed E-state index contributed by atoms with van der Waals surface area (Å²) in [5.41, 5.74) is 1.40. The molecule has 2 unspecified atom stereocenters. The lowest BCUT2D eigenvalue weighted by atomic mass is 10.1. The number of likely N-dealkylation sites (tertiary alicyclic amines) is 1. The largest absolute Gasteiger partial charge is 0.385 e. The Hall–Kier alpha value is -0.940. The molecule has 0 N–H and O–H groups in total. The molecule has 4 heteroatoms. The van der Waals surface area contributed by atoms with Gasteiger partial charge in [-0.05, 0) is 12.0 Å². The third-order valence-electron chi connectivity index (χ3n) is 4.54. The Labute approximate surface area is 127 Å². The topological polar surface area (TPSA) is 24.9 Å². The van der Waals surface area contributed by atoms with Gasteiger partial charge in [-0.3, -0.25) is 9.80 Å². The Morgan fingerprint density at radius 1 is 1.24 bits per heavy atom. The van der Waals surface area contributed by atoms with Crippen LogP contribution in [0.25, 0.3) is 0 Å². The molecular weight excluding hydrogens is 264 g/mol. The average Bonchev–Trinajstić information content (AvgIpc) is 2.93. The summed E-state index contributed by atoms with van der Waals surface area (Å²) in [6.45, 7) is 7.10. The van der Waals surface area contributed by atoms with Gasteiger partial charge in [0, 0.05) is 46.4 Å². The van der Waals surface area contributed by atoms with Crippen LogP contribution in [0.1, 0.15) is 12.0 Å². The van der Waals surface area contributed by atoms with Crippen molar-refractivity contribution < 1.29 is 9.47 Å². The number of hydrogen-bond acceptors (Lipinski definition) is 4. The first-order valence-electron chi connectivity index (χ1n) is 7.97. The predicted octanol–water partition coefficient (Wildman–Crippen LogP) is 1.61. The standard InChI is InChI=1S/C17H26N2O2/c1-20-10-5-8-18-13-16-17(14-18)21-11-9-19(16)12-15-6-3-2-4-7-15/h2-4,6-7,16-17H,5,8-14H2,1H3. The lowest BCUT2D eigenvalue weighted by Gasteiger charge is -2.37. The second kappa shape index (κ2) is 7.36. The van der Waals surface area contributed by atoms with Crippen LogP contribution in [0.2, 0.25) is 0 Å². The molecule has 0 saturated carbocycles. The zero-order valence-corrected chi connectivity index (χ0v) is 12.9. The molecule has 2 heterocycles. The molecule has 2 aliphatic heterocycles. The summed E-state index contributed by atoms with van der Waals surface area (Å²) >= 11 is 0.